The standard InChI is InChI=1S/C16H17N3O4/c1-2-22-16(21)11-4-6-12(7-5-11)18-14(20)13-10-17-19-8-3-9-23-15(13)19/h4-7,10H,2-3,8-9H2,1H3,(H,18,20). The van der Waals surface area contributed by atoms with Crippen LogP contribution in [0.25, 0.3) is 0 Å². The first-order valence-electron chi connectivity index (χ1n) is 7.46. The number of benzene rings is 1. The van der Waals surface area contributed by atoms with Gasteiger partial charge < -0.3 is 14.8 Å². The Labute approximate surface area is 133 Å². The minimum atomic E-state index is -0.385. The zero-order chi connectivity index (χ0) is 16.2. The quantitative estimate of drug-likeness (QED) is 0.874. The van der Waals surface area contributed by atoms with E-state index >= 15 is 0 Å². The molecule has 1 aromatic heterocycles. The number of fused-ring (bicyclic) bond motifs is 1. The fourth-order valence-corrected chi connectivity index (χ4v) is 2.33. The lowest BCUT2D eigenvalue weighted by Gasteiger charge is -2.15. The van der Waals surface area contributed by atoms with Crippen molar-refractivity contribution < 1.29 is 19.1 Å². The second-order valence-corrected chi connectivity index (χ2v) is 5.04. The van der Waals surface area contributed by atoms with Gasteiger partial charge in [0.2, 0.25) is 5.88 Å². The number of ether oxygens (including phenoxy) is 2. The minimum absolute atomic E-state index is 0.294. The van der Waals surface area contributed by atoms with Gasteiger partial charge in [-0.15, -0.1) is 0 Å². The van der Waals surface area contributed by atoms with Gasteiger partial charge >= 0.3 is 5.97 Å². The van der Waals surface area contributed by atoms with Gasteiger partial charge in [-0.25, -0.2) is 9.48 Å². The summed E-state index contributed by atoms with van der Waals surface area (Å²) in [6, 6.07) is 6.52. The molecule has 0 fully saturated rings. The average Bonchev–Trinajstić information content (AvgIpc) is 3.00. The molecular formula is C16H17N3O4. The van der Waals surface area contributed by atoms with Crippen LogP contribution in [0, 0.1) is 0 Å². The van der Waals surface area contributed by atoms with E-state index < -0.39 is 0 Å². The summed E-state index contributed by atoms with van der Waals surface area (Å²) in [4.78, 5) is 23.9. The number of hydrogen-bond acceptors (Lipinski definition) is 5. The molecule has 0 atom stereocenters. The van der Waals surface area contributed by atoms with Crippen molar-refractivity contribution in [2.24, 2.45) is 0 Å². The van der Waals surface area contributed by atoms with E-state index in [0.717, 1.165) is 13.0 Å². The number of carbonyl (C=O) groups excluding carboxylic acids is 2. The molecule has 120 valence electrons. The number of nitrogens with one attached hydrogen (secondary N) is 1. The van der Waals surface area contributed by atoms with Gasteiger partial charge in [0.05, 0.1) is 25.0 Å². The van der Waals surface area contributed by atoms with Crippen LogP contribution < -0.4 is 10.1 Å². The molecule has 2 aromatic rings. The molecule has 23 heavy (non-hydrogen) atoms. The first-order valence-corrected chi connectivity index (χ1v) is 7.46. The Hall–Kier alpha value is -2.83. The van der Waals surface area contributed by atoms with Crippen molar-refractivity contribution >= 4 is 17.6 Å². The van der Waals surface area contributed by atoms with E-state index in [1.807, 2.05) is 0 Å². The molecule has 7 nitrogen and oxygen atoms in total. The van der Waals surface area contributed by atoms with Crippen LogP contribution in [0.15, 0.2) is 30.5 Å². The molecule has 0 unspecified atom stereocenters. The highest BCUT2D eigenvalue weighted by molar-refractivity contribution is 6.06. The Morgan fingerprint density at radius 3 is 2.87 bits per heavy atom. The summed E-state index contributed by atoms with van der Waals surface area (Å²) in [5.74, 6) is -0.182. The summed E-state index contributed by atoms with van der Waals surface area (Å²) < 4.78 is 12.1. The lowest BCUT2D eigenvalue weighted by Crippen LogP contribution is -2.18. The van der Waals surface area contributed by atoms with Crippen molar-refractivity contribution in [2.75, 3.05) is 18.5 Å². The second-order valence-electron chi connectivity index (χ2n) is 5.04. The van der Waals surface area contributed by atoms with Gasteiger partial charge in [-0.05, 0) is 31.2 Å². The zero-order valence-electron chi connectivity index (χ0n) is 12.7. The third-order valence-corrected chi connectivity index (χ3v) is 3.44. The van der Waals surface area contributed by atoms with Gasteiger partial charge in [-0.3, -0.25) is 4.79 Å². The average molecular weight is 315 g/mol. The summed E-state index contributed by atoms with van der Waals surface area (Å²) >= 11 is 0. The molecule has 0 bridgehead atoms. The Bertz CT molecular complexity index is 721. The maximum absolute atomic E-state index is 12.3. The number of amides is 1. The summed E-state index contributed by atoms with van der Waals surface area (Å²) in [7, 11) is 0. The fourth-order valence-electron chi connectivity index (χ4n) is 2.33. The van der Waals surface area contributed by atoms with Crippen LogP contribution in [0.4, 0.5) is 5.69 Å². The van der Waals surface area contributed by atoms with Crippen molar-refractivity contribution in [3.05, 3.63) is 41.6 Å². The number of rotatable bonds is 4. The third kappa shape index (κ3) is 3.18. The molecule has 7 heteroatoms. The molecule has 0 radical (unpaired) electrons. The van der Waals surface area contributed by atoms with E-state index in [1.165, 1.54) is 6.20 Å². The van der Waals surface area contributed by atoms with Crippen molar-refractivity contribution in [3.8, 4) is 5.88 Å². The Balaban J connectivity index is 1.71. The molecule has 0 spiro atoms. The summed E-state index contributed by atoms with van der Waals surface area (Å²) in [6.45, 7) is 3.41. The molecule has 1 aliphatic rings. The lowest BCUT2D eigenvalue weighted by molar-refractivity contribution is 0.0526. The van der Waals surface area contributed by atoms with Crippen LogP contribution in [-0.4, -0.2) is 34.9 Å². The Kier molecular flexibility index (Phi) is 4.27. The van der Waals surface area contributed by atoms with E-state index in [1.54, 1.807) is 35.9 Å². The van der Waals surface area contributed by atoms with Gasteiger partial charge in [0.1, 0.15) is 5.56 Å². The summed E-state index contributed by atoms with van der Waals surface area (Å²) in [6.07, 6.45) is 2.38. The Morgan fingerprint density at radius 2 is 2.13 bits per heavy atom. The lowest BCUT2D eigenvalue weighted by atomic mass is 10.2. The fraction of sp³-hybridized carbons (Fsp3) is 0.312. The topological polar surface area (TPSA) is 82.5 Å². The molecule has 1 aromatic carbocycles. The van der Waals surface area contributed by atoms with Gasteiger partial charge in [0, 0.05) is 18.7 Å². The van der Waals surface area contributed by atoms with Crippen molar-refractivity contribution in [2.45, 2.75) is 19.9 Å². The van der Waals surface area contributed by atoms with Gasteiger partial charge in [0.15, 0.2) is 0 Å². The monoisotopic (exact) mass is 315 g/mol. The molecule has 0 aliphatic carbocycles. The highest BCUT2D eigenvalue weighted by atomic mass is 16.5. The molecule has 0 saturated heterocycles. The van der Waals surface area contributed by atoms with Crippen molar-refractivity contribution in [1.82, 2.24) is 9.78 Å². The van der Waals surface area contributed by atoms with E-state index in [0.29, 0.717) is 35.9 Å². The minimum Gasteiger partial charge on any atom is -0.477 e. The normalized spacial score (nSPS) is 12.9. The van der Waals surface area contributed by atoms with E-state index in [2.05, 4.69) is 10.4 Å². The van der Waals surface area contributed by atoms with Crippen LogP contribution in [-0.2, 0) is 11.3 Å². The maximum Gasteiger partial charge on any atom is 0.338 e. The Morgan fingerprint density at radius 1 is 1.35 bits per heavy atom. The van der Waals surface area contributed by atoms with Gasteiger partial charge in [0.25, 0.3) is 5.91 Å². The first-order chi connectivity index (χ1) is 11.2. The molecule has 2 heterocycles. The SMILES string of the molecule is CCOC(=O)c1ccc(NC(=O)c2cnn3c2OCCC3)cc1. The third-order valence-electron chi connectivity index (χ3n) is 3.44. The van der Waals surface area contributed by atoms with Crippen LogP contribution in [0.2, 0.25) is 0 Å². The largest absolute Gasteiger partial charge is 0.477 e. The molecule has 3 rings (SSSR count). The number of aryl methyl sites for hydroxylation is 1. The smallest absolute Gasteiger partial charge is 0.338 e. The van der Waals surface area contributed by atoms with Crippen LogP contribution in [0.1, 0.15) is 34.1 Å². The summed E-state index contributed by atoms with van der Waals surface area (Å²) in [5.41, 5.74) is 1.43. The molecule has 1 aliphatic heterocycles. The predicted molar refractivity (Wildman–Crippen MR) is 82.7 cm³/mol. The van der Waals surface area contributed by atoms with Crippen LogP contribution in [0.5, 0.6) is 5.88 Å². The van der Waals surface area contributed by atoms with Gasteiger partial charge in [-0.1, -0.05) is 0 Å². The number of anilines is 1. The van der Waals surface area contributed by atoms with Crippen LogP contribution in [0.3, 0.4) is 0 Å². The van der Waals surface area contributed by atoms with E-state index in [9.17, 15) is 9.59 Å². The number of esters is 1. The van der Waals surface area contributed by atoms with Crippen molar-refractivity contribution in [1.29, 1.82) is 0 Å². The second kappa shape index (κ2) is 6.51. The number of nitrogens with zero attached hydrogens (tertiary/aromatic N) is 2. The number of carbonyl (C=O) groups is 2. The van der Waals surface area contributed by atoms with E-state index in [-0.39, 0.29) is 11.9 Å². The zero-order valence-corrected chi connectivity index (χ0v) is 12.7. The maximum atomic E-state index is 12.3. The van der Waals surface area contributed by atoms with Crippen LogP contribution >= 0.6 is 0 Å². The molecular weight excluding hydrogens is 298 g/mol. The van der Waals surface area contributed by atoms with Crippen molar-refractivity contribution in [3.63, 3.8) is 0 Å². The number of hydrogen-bond donors (Lipinski definition) is 1. The molecule has 0 saturated carbocycles. The highest BCUT2D eigenvalue weighted by Crippen LogP contribution is 2.23. The highest BCUT2D eigenvalue weighted by Gasteiger charge is 2.21. The first kappa shape index (κ1) is 15.1. The number of aromatic nitrogens is 2. The predicted octanol–water partition coefficient (Wildman–Crippen LogP) is 2.09. The molecule has 1 amide bonds. The summed E-state index contributed by atoms with van der Waals surface area (Å²) in [5, 5.41) is 6.92. The van der Waals surface area contributed by atoms with Gasteiger partial charge in [-0.2, -0.15) is 5.10 Å². The van der Waals surface area contributed by atoms with E-state index in [4.69, 9.17) is 9.47 Å². The molecule has 1 N–H and O–H groups in total.